The van der Waals surface area contributed by atoms with Crippen LogP contribution in [0.2, 0.25) is 0 Å². The summed E-state index contributed by atoms with van der Waals surface area (Å²) in [4.78, 5) is 0. The summed E-state index contributed by atoms with van der Waals surface area (Å²) in [5.41, 5.74) is 1.60. The summed E-state index contributed by atoms with van der Waals surface area (Å²) in [5.74, 6) is 0.736. The number of hydrogen-bond donors (Lipinski definition) is 0. The topological polar surface area (TPSA) is 0 Å². The minimum absolute atomic E-state index is 0.0823. The monoisotopic (exact) mass is 175 g/mol. The van der Waals surface area contributed by atoms with E-state index in [2.05, 4.69) is 39.0 Å². The summed E-state index contributed by atoms with van der Waals surface area (Å²) in [7, 11) is 0. The van der Waals surface area contributed by atoms with Crippen molar-refractivity contribution in [2.75, 3.05) is 0 Å². The largest absolute Gasteiger partial charge is 0.0745 e. The van der Waals surface area contributed by atoms with Gasteiger partial charge >= 0.3 is 0 Å². The molecule has 1 unspecified atom stereocenters. The molecule has 1 atom stereocenters. The first-order valence-corrected chi connectivity index (χ1v) is 4.99. The van der Waals surface area contributed by atoms with Gasteiger partial charge in [0.15, 0.2) is 0 Å². The lowest BCUT2D eigenvalue weighted by Gasteiger charge is -2.26. The molecule has 13 heavy (non-hydrogen) atoms. The second-order valence-corrected chi connectivity index (χ2v) is 4.63. The van der Waals surface area contributed by atoms with E-state index < -0.39 is 0 Å². The SMILES string of the molecule is [CH]=CC1(C)C=CC=C(CC(C)C)C1. The Morgan fingerprint density at radius 2 is 2.31 bits per heavy atom. The number of allylic oxidation sites excluding steroid dienone is 5. The summed E-state index contributed by atoms with van der Waals surface area (Å²) in [6.45, 7) is 12.3. The third kappa shape index (κ3) is 2.87. The fourth-order valence-electron chi connectivity index (χ4n) is 1.79. The molecule has 71 valence electrons. The second kappa shape index (κ2) is 3.95. The van der Waals surface area contributed by atoms with Crippen LogP contribution in [-0.2, 0) is 0 Å². The van der Waals surface area contributed by atoms with Gasteiger partial charge in [-0.1, -0.05) is 57.2 Å². The van der Waals surface area contributed by atoms with Gasteiger partial charge in [-0.15, -0.1) is 0 Å². The van der Waals surface area contributed by atoms with Gasteiger partial charge in [0.2, 0.25) is 0 Å². The lowest BCUT2D eigenvalue weighted by atomic mass is 9.78. The van der Waals surface area contributed by atoms with Crippen LogP contribution in [0.5, 0.6) is 0 Å². The first-order valence-electron chi connectivity index (χ1n) is 4.99. The molecule has 0 saturated carbocycles. The van der Waals surface area contributed by atoms with Crippen molar-refractivity contribution < 1.29 is 0 Å². The average Bonchev–Trinajstić information content (AvgIpc) is 2.03. The summed E-state index contributed by atoms with van der Waals surface area (Å²) in [6, 6.07) is 0. The van der Waals surface area contributed by atoms with Crippen LogP contribution in [0.1, 0.15) is 33.6 Å². The predicted octanol–water partition coefficient (Wildman–Crippen LogP) is 3.91. The molecule has 1 rings (SSSR count). The Labute approximate surface area is 82.0 Å². The second-order valence-electron chi connectivity index (χ2n) is 4.63. The van der Waals surface area contributed by atoms with Crippen molar-refractivity contribution in [1.82, 2.24) is 0 Å². The van der Waals surface area contributed by atoms with Crippen molar-refractivity contribution in [3.8, 4) is 0 Å². The Hall–Kier alpha value is -0.780. The van der Waals surface area contributed by atoms with Crippen LogP contribution >= 0.6 is 0 Å². The van der Waals surface area contributed by atoms with E-state index in [0.717, 1.165) is 12.3 Å². The highest BCUT2D eigenvalue weighted by Gasteiger charge is 2.20. The Bertz CT molecular complexity index is 243. The van der Waals surface area contributed by atoms with Crippen molar-refractivity contribution in [3.63, 3.8) is 0 Å². The van der Waals surface area contributed by atoms with Crippen molar-refractivity contribution in [1.29, 1.82) is 0 Å². The molecule has 1 radical (unpaired) electrons. The Balaban J connectivity index is 2.66. The minimum Gasteiger partial charge on any atom is -0.0745 e. The number of hydrogen-bond acceptors (Lipinski definition) is 0. The van der Waals surface area contributed by atoms with E-state index >= 15 is 0 Å². The first-order chi connectivity index (χ1) is 6.06. The fourth-order valence-corrected chi connectivity index (χ4v) is 1.79. The van der Waals surface area contributed by atoms with Crippen molar-refractivity contribution in [2.45, 2.75) is 33.6 Å². The van der Waals surface area contributed by atoms with Crippen molar-refractivity contribution >= 4 is 0 Å². The first kappa shape index (κ1) is 10.3. The van der Waals surface area contributed by atoms with Gasteiger partial charge in [0.05, 0.1) is 0 Å². The average molecular weight is 175 g/mol. The normalized spacial score (nSPS) is 27.5. The van der Waals surface area contributed by atoms with Gasteiger partial charge in [-0.05, 0) is 18.8 Å². The van der Waals surface area contributed by atoms with Gasteiger partial charge in [0, 0.05) is 5.41 Å². The zero-order valence-electron chi connectivity index (χ0n) is 8.88. The van der Waals surface area contributed by atoms with Crippen LogP contribution in [0.4, 0.5) is 0 Å². The van der Waals surface area contributed by atoms with Crippen molar-refractivity contribution in [3.05, 3.63) is 36.5 Å². The maximum atomic E-state index is 5.63. The summed E-state index contributed by atoms with van der Waals surface area (Å²) >= 11 is 0. The van der Waals surface area contributed by atoms with Gasteiger partial charge in [-0.2, -0.15) is 0 Å². The van der Waals surface area contributed by atoms with E-state index in [1.165, 1.54) is 12.0 Å². The van der Waals surface area contributed by atoms with Gasteiger partial charge in [0.1, 0.15) is 0 Å². The highest BCUT2D eigenvalue weighted by atomic mass is 14.2. The van der Waals surface area contributed by atoms with Crippen LogP contribution in [0.15, 0.2) is 29.9 Å². The quantitative estimate of drug-likeness (QED) is 0.610. The molecule has 0 aliphatic heterocycles. The van der Waals surface area contributed by atoms with E-state index in [4.69, 9.17) is 6.58 Å². The molecular formula is C13H19. The highest BCUT2D eigenvalue weighted by Crippen LogP contribution is 2.34. The van der Waals surface area contributed by atoms with Gasteiger partial charge < -0.3 is 0 Å². The smallest absolute Gasteiger partial charge is 0.00761 e. The molecule has 0 aromatic heterocycles. The predicted molar refractivity (Wildman–Crippen MR) is 58.3 cm³/mol. The van der Waals surface area contributed by atoms with Crippen LogP contribution in [0, 0.1) is 17.9 Å². The minimum atomic E-state index is 0.0823. The fraction of sp³-hybridized carbons (Fsp3) is 0.538. The van der Waals surface area contributed by atoms with Crippen LogP contribution < -0.4 is 0 Å². The lowest BCUT2D eigenvalue weighted by molar-refractivity contribution is 0.505. The molecule has 0 nitrogen and oxygen atoms in total. The van der Waals surface area contributed by atoms with Crippen LogP contribution in [0.25, 0.3) is 0 Å². The zero-order valence-corrected chi connectivity index (χ0v) is 8.88. The Kier molecular flexibility index (Phi) is 3.13. The molecule has 1 aliphatic rings. The van der Waals surface area contributed by atoms with Gasteiger partial charge in [-0.25, -0.2) is 0 Å². The van der Waals surface area contributed by atoms with Gasteiger partial charge in [0.25, 0.3) is 0 Å². The van der Waals surface area contributed by atoms with E-state index in [1.807, 2.05) is 0 Å². The van der Waals surface area contributed by atoms with Crippen LogP contribution in [0.3, 0.4) is 0 Å². The molecule has 0 aromatic carbocycles. The third-order valence-corrected chi connectivity index (χ3v) is 2.47. The maximum Gasteiger partial charge on any atom is 0.00761 e. The van der Waals surface area contributed by atoms with Crippen molar-refractivity contribution in [2.24, 2.45) is 11.3 Å². The lowest BCUT2D eigenvalue weighted by Crippen LogP contribution is -2.13. The number of rotatable bonds is 3. The molecule has 0 aromatic rings. The molecule has 0 spiro atoms. The molecule has 1 aliphatic carbocycles. The zero-order chi connectivity index (χ0) is 9.90. The maximum absolute atomic E-state index is 5.63. The van der Waals surface area contributed by atoms with E-state index in [-0.39, 0.29) is 5.41 Å². The molecule has 0 heterocycles. The standard InChI is InChI=1S/C13H19/c1-5-13(4)8-6-7-12(10-13)9-11(2)3/h1,5-8,11H,9-10H2,2-4H3. The third-order valence-electron chi connectivity index (χ3n) is 2.47. The summed E-state index contributed by atoms with van der Waals surface area (Å²) in [5, 5.41) is 0. The van der Waals surface area contributed by atoms with Gasteiger partial charge in [-0.3, -0.25) is 0 Å². The molecule has 0 N–H and O–H groups in total. The van der Waals surface area contributed by atoms with E-state index in [1.54, 1.807) is 6.08 Å². The molecule has 0 amide bonds. The molecule has 0 bridgehead atoms. The van der Waals surface area contributed by atoms with E-state index in [9.17, 15) is 0 Å². The molecule has 0 fully saturated rings. The molecular weight excluding hydrogens is 156 g/mol. The highest BCUT2D eigenvalue weighted by molar-refractivity contribution is 5.26. The molecule has 0 saturated heterocycles. The van der Waals surface area contributed by atoms with Crippen LogP contribution in [-0.4, -0.2) is 0 Å². The summed E-state index contributed by atoms with van der Waals surface area (Å²) in [6.07, 6.45) is 10.6. The Morgan fingerprint density at radius 3 is 2.85 bits per heavy atom. The Morgan fingerprint density at radius 1 is 1.62 bits per heavy atom. The summed E-state index contributed by atoms with van der Waals surface area (Å²) < 4.78 is 0. The van der Waals surface area contributed by atoms with E-state index in [0.29, 0.717) is 0 Å². The molecule has 0 heteroatoms.